The van der Waals surface area contributed by atoms with Crippen LogP contribution in [0, 0.1) is 0 Å². The minimum Gasteiger partial charge on any atom is -0.324 e. The van der Waals surface area contributed by atoms with E-state index >= 15 is 0 Å². The molecule has 1 saturated heterocycles. The third-order valence-corrected chi connectivity index (χ3v) is 6.24. The van der Waals surface area contributed by atoms with Crippen LogP contribution in [0.25, 0.3) is 0 Å². The molecule has 0 aromatic heterocycles. The van der Waals surface area contributed by atoms with E-state index in [1.54, 1.807) is 0 Å². The van der Waals surface area contributed by atoms with Crippen molar-refractivity contribution in [2.24, 2.45) is 0 Å². The molecular weight excluding hydrogens is 400 g/mol. The van der Waals surface area contributed by atoms with Gasteiger partial charge in [0.15, 0.2) is 6.04 Å². The maximum Gasteiger partial charge on any atom is 0.283 e. The van der Waals surface area contributed by atoms with E-state index in [-0.39, 0.29) is 17.9 Å². The van der Waals surface area contributed by atoms with E-state index in [0.29, 0.717) is 0 Å². The number of anilines is 1. The van der Waals surface area contributed by atoms with E-state index in [1.165, 1.54) is 24.2 Å². The molecule has 0 bridgehead atoms. The van der Waals surface area contributed by atoms with Crippen LogP contribution in [-0.4, -0.2) is 25.0 Å². The minimum atomic E-state index is -0.137. The standard InChI is InChI=1S/C20H20BrClN2O/c21-13-8-9-17-15(12-13)18(14-6-2-3-7-16(14)22)19(20(25)23-17)24-10-4-1-5-11-24/h2-3,6-9,12,18-19H,1,4-5,10-11H2,(H,23,25)/p+1/t18-,19-/m0/s1. The molecule has 1 amide bonds. The van der Waals surface area contributed by atoms with Gasteiger partial charge in [-0.1, -0.05) is 45.7 Å². The van der Waals surface area contributed by atoms with Crippen molar-refractivity contribution in [1.29, 1.82) is 0 Å². The first-order valence-corrected chi connectivity index (χ1v) is 10.0. The molecular formula is C20H21BrClN2O+. The van der Waals surface area contributed by atoms with E-state index in [4.69, 9.17) is 11.6 Å². The summed E-state index contributed by atoms with van der Waals surface area (Å²) in [6, 6.07) is 13.9. The van der Waals surface area contributed by atoms with E-state index in [2.05, 4.69) is 33.4 Å². The summed E-state index contributed by atoms with van der Waals surface area (Å²) in [5.41, 5.74) is 3.08. The number of piperidine rings is 1. The molecule has 5 heteroatoms. The molecule has 2 heterocycles. The van der Waals surface area contributed by atoms with Crippen LogP contribution in [0.5, 0.6) is 0 Å². The fourth-order valence-electron chi connectivity index (χ4n) is 4.26. The van der Waals surface area contributed by atoms with Crippen LogP contribution in [0.1, 0.15) is 36.3 Å². The summed E-state index contributed by atoms with van der Waals surface area (Å²) >= 11 is 10.2. The molecule has 0 spiro atoms. The first-order valence-electron chi connectivity index (χ1n) is 8.84. The van der Waals surface area contributed by atoms with E-state index in [0.717, 1.165) is 39.4 Å². The number of likely N-dealkylation sites (tertiary alicyclic amines) is 1. The minimum absolute atomic E-state index is 0.0250. The number of amides is 1. The van der Waals surface area contributed by atoms with E-state index in [9.17, 15) is 4.79 Å². The summed E-state index contributed by atoms with van der Waals surface area (Å²) in [4.78, 5) is 14.4. The fourth-order valence-corrected chi connectivity index (χ4v) is 4.89. The second-order valence-corrected chi connectivity index (χ2v) is 8.24. The Labute approximate surface area is 161 Å². The molecule has 25 heavy (non-hydrogen) atoms. The van der Waals surface area contributed by atoms with Crippen molar-refractivity contribution >= 4 is 39.1 Å². The van der Waals surface area contributed by atoms with Gasteiger partial charge >= 0.3 is 0 Å². The van der Waals surface area contributed by atoms with Crippen molar-refractivity contribution < 1.29 is 9.69 Å². The highest BCUT2D eigenvalue weighted by atomic mass is 79.9. The van der Waals surface area contributed by atoms with Crippen molar-refractivity contribution in [2.45, 2.75) is 31.2 Å². The number of benzene rings is 2. The van der Waals surface area contributed by atoms with Crippen LogP contribution in [0.15, 0.2) is 46.9 Å². The average molecular weight is 421 g/mol. The van der Waals surface area contributed by atoms with Gasteiger partial charge in [0.1, 0.15) is 0 Å². The normalized spacial score (nSPS) is 23.8. The lowest BCUT2D eigenvalue weighted by Crippen LogP contribution is -3.18. The van der Waals surface area contributed by atoms with Crippen molar-refractivity contribution in [1.82, 2.24) is 0 Å². The highest BCUT2D eigenvalue weighted by molar-refractivity contribution is 9.10. The number of quaternary nitrogens is 1. The molecule has 0 aliphatic carbocycles. The largest absolute Gasteiger partial charge is 0.324 e. The maximum atomic E-state index is 13.0. The molecule has 2 aromatic rings. The number of carbonyl (C=O) groups excluding carboxylic acids is 1. The van der Waals surface area contributed by atoms with Crippen LogP contribution >= 0.6 is 27.5 Å². The first kappa shape index (κ1) is 17.1. The van der Waals surface area contributed by atoms with Gasteiger partial charge in [0.2, 0.25) is 0 Å². The maximum absolute atomic E-state index is 13.0. The highest BCUT2D eigenvalue weighted by Gasteiger charge is 2.44. The lowest BCUT2D eigenvalue weighted by Gasteiger charge is -2.39. The van der Waals surface area contributed by atoms with Crippen LogP contribution in [0.3, 0.4) is 0 Å². The molecule has 1 fully saturated rings. The van der Waals surface area contributed by atoms with Crippen LogP contribution in [0.2, 0.25) is 5.02 Å². The number of halogens is 2. The molecule has 0 radical (unpaired) electrons. The van der Waals surface area contributed by atoms with Crippen LogP contribution in [0.4, 0.5) is 5.69 Å². The molecule has 2 aromatic carbocycles. The average Bonchev–Trinajstić information content (AvgIpc) is 2.62. The Morgan fingerprint density at radius 1 is 1.04 bits per heavy atom. The second-order valence-electron chi connectivity index (χ2n) is 6.92. The van der Waals surface area contributed by atoms with Crippen molar-refractivity contribution in [3.63, 3.8) is 0 Å². The van der Waals surface area contributed by atoms with Crippen molar-refractivity contribution in [2.75, 3.05) is 18.4 Å². The molecule has 2 atom stereocenters. The third kappa shape index (κ3) is 3.23. The summed E-state index contributed by atoms with van der Waals surface area (Å²) in [7, 11) is 0. The first-order chi connectivity index (χ1) is 12.1. The number of hydrogen-bond donors (Lipinski definition) is 2. The van der Waals surface area contributed by atoms with Gasteiger partial charge in [0.25, 0.3) is 5.91 Å². The zero-order chi connectivity index (χ0) is 17.4. The van der Waals surface area contributed by atoms with Gasteiger partial charge in [-0.05, 0) is 54.7 Å². The predicted molar refractivity (Wildman–Crippen MR) is 104 cm³/mol. The number of nitrogens with one attached hydrogen (secondary N) is 2. The van der Waals surface area contributed by atoms with Gasteiger partial charge in [0.05, 0.1) is 19.0 Å². The van der Waals surface area contributed by atoms with Crippen LogP contribution < -0.4 is 10.2 Å². The van der Waals surface area contributed by atoms with E-state index in [1.807, 2.05) is 30.3 Å². The fraction of sp³-hybridized carbons (Fsp3) is 0.350. The monoisotopic (exact) mass is 419 g/mol. The number of fused-ring (bicyclic) bond motifs is 1. The molecule has 130 valence electrons. The summed E-state index contributed by atoms with van der Waals surface area (Å²) in [6.45, 7) is 2.09. The third-order valence-electron chi connectivity index (χ3n) is 5.40. The lowest BCUT2D eigenvalue weighted by atomic mass is 9.80. The zero-order valence-electron chi connectivity index (χ0n) is 13.9. The number of hydrogen-bond acceptors (Lipinski definition) is 1. The molecule has 4 rings (SSSR count). The Morgan fingerprint density at radius 3 is 2.56 bits per heavy atom. The van der Waals surface area contributed by atoms with Gasteiger partial charge in [-0.15, -0.1) is 0 Å². The van der Waals surface area contributed by atoms with E-state index < -0.39 is 0 Å². The van der Waals surface area contributed by atoms with Gasteiger partial charge < -0.3 is 10.2 Å². The zero-order valence-corrected chi connectivity index (χ0v) is 16.2. The van der Waals surface area contributed by atoms with Gasteiger partial charge in [-0.3, -0.25) is 4.79 Å². The molecule has 2 N–H and O–H groups in total. The van der Waals surface area contributed by atoms with Gasteiger partial charge in [-0.25, -0.2) is 0 Å². The Bertz CT molecular complexity index is 804. The Hall–Kier alpha value is -1.36. The lowest BCUT2D eigenvalue weighted by molar-refractivity contribution is -0.921. The van der Waals surface area contributed by atoms with Gasteiger partial charge in [-0.2, -0.15) is 0 Å². The summed E-state index contributed by atoms with van der Waals surface area (Å²) in [6.07, 6.45) is 3.62. The second kappa shape index (κ2) is 7.10. The number of rotatable bonds is 2. The predicted octanol–water partition coefficient (Wildman–Crippen LogP) is 3.62. The number of carbonyl (C=O) groups is 1. The quantitative estimate of drug-likeness (QED) is 0.764. The summed E-state index contributed by atoms with van der Waals surface area (Å²) in [5.74, 6) is 0.0830. The van der Waals surface area contributed by atoms with Crippen molar-refractivity contribution in [3.05, 3.63) is 63.1 Å². The summed E-state index contributed by atoms with van der Waals surface area (Å²) < 4.78 is 1.02. The van der Waals surface area contributed by atoms with Crippen LogP contribution in [-0.2, 0) is 4.79 Å². The molecule has 2 aliphatic heterocycles. The highest BCUT2D eigenvalue weighted by Crippen LogP contribution is 2.40. The smallest absolute Gasteiger partial charge is 0.283 e. The molecule has 2 aliphatic rings. The Morgan fingerprint density at radius 2 is 1.80 bits per heavy atom. The SMILES string of the molecule is O=C1Nc2ccc(Br)cc2[C@H](c2ccccc2Cl)[C@@H]1[NH+]1CCCCC1. The molecule has 3 nitrogen and oxygen atoms in total. The van der Waals surface area contributed by atoms with Crippen molar-refractivity contribution in [3.8, 4) is 0 Å². The van der Waals surface area contributed by atoms with Gasteiger partial charge in [0, 0.05) is 15.2 Å². The topological polar surface area (TPSA) is 33.5 Å². The summed E-state index contributed by atoms with van der Waals surface area (Å²) in [5, 5.41) is 3.86. The Balaban J connectivity index is 1.87. The Kier molecular flexibility index (Phi) is 4.85. The molecule has 0 saturated carbocycles. The molecule has 0 unspecified atom stereocenters.